The van der Waals surface area contributed by atoms with Crippen LogP contribution >= 0.6 is 27.3 Å². The third kappa shape index (κ3) is 3.14. The fraction of sp³-hybridized carbons (Fsp3) is 0.167. The van der Waals surface area contributed by atoms with Crippen LogP contribution in [0.25, 0.3) is 0 Å². The molecule has 0 saturated carbocycles. The average Bonchev–Trinajstić information content (AvgIpc) is 2.74. The molecule has 1 aromatic carbocycles. The Bertz CT molecular complexity index is 456. The minimum atomic E-state index is -0.173. The van der Waals surface area contributed by atoms with Gasteiger partial charge in [0.05, 0.1) is 0 Å². The second kappa shape index (κ2) is 5.57. The second-order valence-electron chi connectivity index (χ2n) is 3.42. The van der Waals surface area contributed by atoms with E-state index in [4.69, 9.17) is 0 Å². The van der Waals surface area contributed by atoms with E-state index in [0.29, 0.717) is 12.1 Å². The summed E-state index contributed by atoms with van der Waals surface area (Å²) in [6.45, 7) is 1.34. The molecular weight excluding hydrogens is 289 g/mol. The van der Waals surface area contributed by atoms with E-state index in [0.717, 1.165) is 11.0 Å². The molecule has 0 aliphatic heterocycles. The van der Waals surface area contributed by atoms with E-state index in [9.17, 15) is 4.39 Å². The molecule has 2 rings (SSSR count). The molecule has 2 aromatic rings. The van der Waals surface area contributed by atoms with E-state index in [-0.39, 0.29) is 5.82 Å². The lowest BCUT2D eigenvalue weighted by Crippen LogP contribution is -2.12. The van der Waals surface area contributed by atoms with Crippen molar-refractivity contribution in [1.29, 1.82) is 0 Å². The highest BCUT2D eigenvalue weighted by atomic mass is 79.9. The van der Waals surface area contributed by atoms with Gasteiger partial charge in [-0.05, 0) is 23.6 Å². The van der Waals surface area contributed by atoms with Crippen LogP contribution in [0.5, 0.6) is 0 Å². The normalized spacial score (nSPS) is 10.6. The first-order chi connectivity index (χ1) is 7.75. The monoisotopic (exact) mass is 299 g/mol. The molecular formula is C12H11BrFNS. The third-order valence-electron chi connectivity index (χ3n) is 2.21. The third-order valence-corrected chi connectivity index (χ3v) is 3.58. The first kappa shape index (κ1) is 11.8. The highest BCUT2D eigenvalue weighted by Gasteiger charge is 2.02. The van der Waals surface area contributed by atoms with Crippen molar-refractivity contribution in [3.8, 4) is 0 Å². The molecule has 0 aliphatic carbocycles. The van der Waals surface area contributed by atoms with Gasteiger partial charge in [-0.15, -0.1) is 11.3 Å². The average molecular weight is 300 g/mol. The molecule has 0 amide bonds. The summed E-state index contributed by atoms with van der Waals surface area (Å²) in [5.74, 6) is -0.173. The van der Waals surface area contributed by atoms with Crippen LogP contribution in [0.2, 0.25) is 0 Å². The number of hydrogen-bond acceptors (Lipinski definition) is 2. The Morgan fingerprint density at radius 1 is 1.25 bits per heavy atom. The zero-order valence-corrected chi connectivity index (χ0v) is 10.9. The SMILES string of the molecule is Fc1cc(Br)ccc1CNCc1cccs1. The van der Waals surface area contributed by atoms with E-state index in [1.165, 1.54) is 10.9 Å². The summed E-state index contributed by atoms with van der Waals surface area (Å²) in [7, 11) is 0. The molecule has 0 radical (unpaired) electrons. The van der Waals surface area contributed by atoms with Crippen LogP contribution in [0.1, 0.15) is 10.4 Å². The topological polar surface area (TPSA) is 12.0 Å². The van der Waals surface area contributed by atoms with Crippen LogP contribution in [-0.4, -0.2) is 0 Å². The number of rotatable bonds is 4. The minimum Gasteiger partial charge on any atom is -0.308 e. The van der Waals surface area contributed by atoms with Gasteiger partial charge in [0.1, 0.15) is 5.82 Å². The van der Waals surface area contributed by atoms with E-state index in [1.807, 2.05) is 17.5 Å². The van der Waals surface area contributed by atoms with Crippen molar-refractivity contribution in [3.05, 3.63) is 56.4 Å². The molecule has 1 nitrogen and oxygen atoms in total. The Morgan fingerprint density at radius 2 is 2.12 bits per heavy atom. The van der Waals surface area contributed by atoms with E-state index in [1.54, 1.807) is 17.4 Å². The molecule has 0 saturated heterocycles. The fourth-order valence-electron chi connectivity index (χ4n) is 1.40. The van der Waals surface area contributed by atoms with Gasteiger partial charge in [-0.3, -0.25) is 0 Å². The van der Waals surface area contributed by atoms with E-state index >= 15 is 0 Å². The maximum absolute atomic E-state index is 13.4. The summed E-state index contributed by atoms with van der Waals surface area (Å²) in [4.78, 5) is 1.26. The maximum Gasteiger partial charge on any atom is 0.128 e. The molecule has 0 fully saturated rings. The quantitative estimate of drug-likeness (QED) is 0.902. The number of halogens is 2. The lowest BCUT2D eigenvalue weighted by Gasteiger charge is -2.05. The van der Waals surface area contributed by atoms with Crippen molar-refractivity contribution >= 4 is 27.3 Å². The number of nitrogens with one attached hydrogen (secondary N) is 1. The summed E-state index contributed by atoms with van der Waals surface area (Å²) < 4.78 is 14.2. The van der Waals surface area contributed by atoms with Crippen LogP contribution < -0.4 is 5.32 Å². The number of benzene rings is 1. The zero-order valence-electron chi connectivity index (χ0n) is 8.54. The Kier molecular flexibility index (Phi) is 4.09. The van der Waals surface area contributed by atoms with Crippen LogP contribution in [0, 0.1) is 5.82 Å². The molecule has 1 aromatic heterocycles. The summed E-state index contributed by atoms with van der Waals surface area (Å²) >= 11 is 4.94. The molecule has 1 heterocycles. The summed E-state index contributed by atoms with van der Waals surface area (Å²) in [6.07, 6.45) is 0. The fourth-order valence-corrected chi connectivity index (χ4v) is 2.41. The molecule has 0 aliphatic rings. The van der Waals surface area contributed by atoms with Gasteiger partial charge < -0.3 is 5.32 Å². The Balaban J connectivity index is 1.90. The zero-order chi connectivity index (χ0) is 11.4. The first-order valence-corrected chi connectivity index (χ1v) is 6.60. The molecule has 4 heteroatoms. The van der Waals surface area contributed by atoms with E-state index < -0.39 is 0 Å². The summed E-state index contributed by atoms with van der Waals surface area (Å²) in [5.41, 5.74) is 0.694. The van der Waals surface area contributed by atoms with Gasteiger partial charge in [-0.2, -0.15) is 0 Å². The van der Waals surface area contributed by atoms with Crippen molar-refractivity contribution in [2.45, 2.75) is 13.1 Å². The van der Waals surface area contributed by atoms with Crippen LogP contribution in [0.15, 0.2) is 40.2 Å². The molecule has 0 bridgehead atoms. The summed E-state index contributed by atoms with van der Waals surface area (Å²) in [5, 5.41) is 5.26. The standard InChI is InChI=1S/C12H11BrFNS/c13-10-4-3-9(12(14)6-10)7-15-8-11-2-1-5-16-11/h1-6,15H,7-8H2. The highest BCUT2D eigenvalue weighted by Crippen LogP contribution is 2.15. The van der Waals surface area contributed by atoms with Gasteiger partial charge in [0.15, 0.2) is 0 Å². The first-order valence-electron chi connectivity index (χ1n) is 4.93. The van der Waals surface area contributed by atoms with Crippen molar-refractivity contribution in [2.24, 2.45) is 0 Å². The van der Waals surface area contributed by atoms with Gasteiger partial charge >= 0.3 is 0 Å². The maximum atomic E-state index is 13.4. The Labute approximate surface area is 106 Å². The molecule has 0 unspecified atom stereocenters. The summed E-state index contributed by atoms with van der Waals surface area (Å²) in [6, 6.07) is 9.21. The van der Waals surface area contributed by atoms with E-state index in [2.05, 4.69) is 27.3 Å². The molecule has 1 N–H and O–H groups in total. The predicted molar refractivity (Wildman–Crippen MR) is 69.0 cm³/mol. The largest absolute Gasteiger partial charge is 0.308 e. The molecule has 0 spiro atoms. The lowest BCUT2D eigenvalue weighted by molar-refractivity contribution is 0.588. The van der Waals surface area contributed by atoms with Crippen molar-refractivity contribution in [3.63, 3.8) is 0 Å². The smallest absolute Gasteiger partial charge is 0.128 e. The van der Waals surface area contributed by atoms with Gasteiger partial charge in [-0.25, -0.2) is 4.39 Å². The van der Waals surface area contributed by atoms with Gasteiger partial charge in [0.25, 0.3) is 0 Å². The predicted octanol–water partition coefficient (Wildman–Crippen LogP) is 3.94. The number of thiophene rings is 1. The van der Waals surface area contributed by atoms with Crippen molar-refractivity contribution in [2.75, 3.05) is 0 Å². The second-order valence-corrected chi connectivity index (χ2v) is 5.37. The van der Waals surface area contributed by atoms with Gasteiger partial charge in [0.2, 0.25) is 0 Å². The highest BCUT2D eigenvalue weighted by molar-refractivity contribution is 9.10. The van der Waals surface area contributed by atoms with Gasteiger partial charge in [0, 0.05) is 28.0 Å². The lowest BCUT2D eigenvalue weighted by atomic mass is 10.2. The van der Waals surface area contributed by atoms with Crippen LogP contribution in [0.3, 0.4) is 0 Å². The van der Waals surface area contributed by atoms with Crippen molar-refractivity contribution in [1.82, 2.24) is 5.32 Å². The van der Waals surface area contributed by atoms with Crippen LogP contribution in [-0.2, 0) is 13.1 Å². The molecule has 0 atom stereocenters. The van der Waals surface area contributed by atoms with Crippen LogP contribution in [0.4, 0.5) is 4.39 Å². The minimum absolute atomic E-state index is 0.173. The number of hydrogen-bond donors (Lipinski definition) is 1. The molecule has 16 heavy (non-hydrogen) atoms. The Hall–Kier alpha value is -0.710. The van der Waals surface area contributed by atoms with Gasteiger partial charge in [-0.1, -0.05) is 28.1 Å². The molecule has 84 valence electrons. The Morgan fingerprint density at radius 3 is 2.81 bits per heavy atom. The van der Waals surface area contributed by atoms with Crippen molar-refractivity contribution < 1.29 is 4.39 Å².